The summed E-state index contributed by atoms with van der Waals surface area (Å²) in [5.74, 6) is 1.55. The summed E-state index contributed by atoms with van der Waals surface area (Å²) < 4.78 is 0. The van der Waals surface area contributed by atoms with Crippen LogP contribution in [0.15, 0.2) is 0 Å². The van der Waals surface area contributed by atoms with Gasteiger partial charge in [0.15, 0.2) is 0 Å². The van der Waals surface area contributed by atoms with E-state index >= 15 is 0 Å². The van der Waals surface area contributed by atoms with Gasteiger partial charge in [-0.2, -0.15) is 0 Å². The Morgan fingerprint density at radius 1 is 1.47 bits per heavy atom. The fraction of sp³-hybridized carbons (Fsp3) is 0.923. The second-order valence-electron chi connectivity index (χ2n) is 4.83. The molecule has 0 aromatic rings. The topological polar surface area (TPSA) is 29.1 Å². The molecule has 2 unspecified atom stereocenters. The van der Waals surface area contributed by atoms with E-state index in [2.05, 4.69) is 19.2 Å². The van der Waals surface area contributed by atoms with Gasteiger partial charge in [-0.25, -0.2) is 0 Å². The van der Waals surface area contributed by atoms with Crippen molar-refractivity contribution in [1.82, 2.24) is 5.32 Å². The monoisotopic (exact) mass is 275 g/mol. The number of unbranched alkanes of at least 4 members (excludes halogenated alkanes) is 1. The number of amides is 1. The lowest BCUT2D eigenvalue weighted by Crippen LogP contribution is -2.32. The molecule has 0 spiro atoms. The Morgan fingerprint density at radius 3 is 2.94 bits per heavy atom. The highest BCUT2D eigenvalue weighted by molar-refractivity contribution is 8.77. The Hall–Kier alpha value is 0.170. The molecule has 2 atom stereocenters. The van der Waals surface area contributed by atoms with Gasteiger partial charge in [-0.3, -0.25) is 4.79 Å². The van der Waals surface area contributed by atoms with Crippen LogP contribution < -0.4 is 5.32 Å². The van der Waals surface area contributed by atoms with Gasteiger partial charge in [0, 0.05) is 23.5 Å². The summed E-state index contributed by atoms with van der Waals surface area (Å²) in [6.45, 7) is 4.24. The standard InChI is InChI=1S/C13H25NOS2/c1-3-6-11(2)14-13(15)8-5-4-7-12-9-10-16-17-12/h11-12H,3-10H2,1-2H3,(H,14,15). The second-order valence-corrected chi connectivity index (χ2v) is 7.62. The Bertz CT molecular complexity index is 217. The van der Waals surface area contributed by atoms with E-state index in [1.54, 1.807) is 0 Å². The first kappa shape index (κ1) is 15.2. The lowest BCUT2D eigenvalue weighted by Gasteiger charge is -2.12. The minimum atomic E-state index is 0.236. The molecule has 0 radical (unpaired) electrons. The highest BCUT2D eigenvalue weighted by Crippen LogP contribution is 2.39. The summed E-state index contributed by atoms with van der Waals surface area (Å²) in [6, 6.07) is 0.342. The summed E-state index contributed by atoms with van der Waals surface area (Å²) >= 11 is 0. The van der Waals surface area contributed by atoms with Crippen LogP contribution in [0.25, 0.3) is 0 Å². The van der Waals surface area contributed by atoms with Gasteiger partial charge in [0.1, 0.15) is 0 Å². The number of hydrogen-bond acceptors (Lipinski definition) is 3. The first-order valence-corrected chi connectivity index (χ1v) is 9.18. The quantitative estimate of drug-likeness (QED) is 0.536. The number of carbonyl (C=O) groups is 1. The third kappa shape index (κ3) is 7.24. The van der Waals surface area contributed by atoms with Gasteiger partial charge >= 0.3 is 0 Å². The molecule has 1 heterocycles. The van der Waals surface area contributed by atoms with Crippen LogP contribution in [0, 0.1) is 0 Å². The predicted octanol–water partition coefficient (Wildman–Crippen LogP) is 4.01. The fourth-order valence-corrected chi connectivity index (χ4v) is 5.10. The minimum absolute atomic E-state index is 0.236. The first-order chi connectivity index (χ1) is 8.22. The zero-order valence-corrected chi connectivity index (χ0v) is 12.7. The van der Waals surface area contributed by atoms with E-state index in [0.717, 1.165) is 24.5 Å². The highest BCUT2D eigenvalue weighted by Gasteiger charge is 2.15. The Balaban J connectivity index is 1.95. The van der Waals surface area contributed by atoms with Crippen molar-refractivity contribution >= 4 is 27.5 Å². The fourth-order valence-electron chi connectivity index (χ4n) is 2.07. The molecule has 100 valence electrons. The number of rotatable bonds is 8. The zero-order valence-electron chi connectivity index (χ0n) is 11.0. The van der Waals surface area contributed by atoms with Crippen LogP contribution in [0.1, 0.15) is 58.8 Å². The molecule has 1 fully saturated rings. The van der Waals surface area contributed by atoms with Gasteiger partial charge < -0.3 is 5.32 Å². The molecule has 0 bridgehead atoms. The van der Waals surface area contributed by atoms with Crippen molar-refractivity contribution in [2.24, 2.45) is 0 Å². The van der Waals surface area contributed by atoms with Gasteiger partial charge in [0.2, 0.25) is 5.91 Å². The maximum Gasteiger partial charge on any atom is 0.220 e. The molecule has 1 aliphatic rings. The van der Waals surface area contributed by atoms with E-state index in [1.807, 2.05) is 21.6 Å². The minimum Gasteiger partial charge on any atom is -0.354 e. The van der Waals surface area contributed by atoms with Crippen LogP contribution in [0.2, 0.25) is 0 Å². The average Bonchev–Trinajstić information content (AvgIpc) is 2.77. The molecule has 1 amide bonds. The van der Waals surface area contributed by atoms with Crippen molar-refractivity contribution in [3.63, 3.8) is 0 Å². The normalized spacial score (nSPS) is 21.4. The summed E-state index contributed by atoms with van der Waals surface area (Å²) in [6.07, 6.45) is 7.82. The van der Waals surface area contributed by atoms with Gasteiger partial charge in [0.25, 0.3) is 0 Å². The van der Waals surface area contributed by atoms with Gasteiger partial charge in [0.05, 0.1) is 0 Å². The number of carbonyl (C=O) groups excluding carboxylic acids is 1. The van der Waals surface area contributed by atoms with Crippen molar-refractivity contribution in [1.29, 1.82) is 0 Å². The first-order valence-electron chi connectivity index (χ1n) is 6.80. The summed E-state index contributed by atoms with van der Waals surface area (Å²) in [5, 5.41) is 3.91. The van der Waals surface area contributed by atoms with Crippen molar-refractivity contribution in [2.75, 3.05) is 5.75 Å². The smallest absolute Gasteiger partial charge is 0.220 e. The second kappa shape index (κ2) is 9.15. The zero-order chi connectivity index (χ0) is 12.5. The maximum absolute atomic E-state index is 11.6. The summed E-state index contributed by atoms with van der Waals surface area (Å²) in [4.78, 5) is 11.6. The van der Waals surface area contributed by atoms with E-state index in [1.165, 1.54) is 25.0 Å². The van der Waals surface area contributed by atoms with E-state index in [0.29, 0.717) is 12.5 Å². The van der Waals surface area contributed by atoms with Crippen LogP contribution in [-0.2, 0) is 4.79 Å². The van der Waals surface area contributed by atoms with Gasteiger partial charge in [-0.1, -0.05) is 41.4 Å². The molecule has 0 aromatic carbocycles. The molecule has 17 heavy (non-hydrogen) atoms. The Kier molecular flexibility index (Phi) is 8.19. The Morgan fingerprint density at radius 2 is 2.29 bits per heavy atom. The molecule has 0 aliphatic carbocycles. The van der Waals surface area contributed by atoms with E-state index in [4.69, 9.17) is 0 Å². The third-order valence-electron chi connectivity index (χ3n) is 3.04. The Labute approximate surface area is 113 Å². The van der Waals surface area contributed by atoms with Gasteiger partial charge in [-0.15, -0.1) is 0 Å². The van der Waals surface area contributed by atoms with Crippen molar-refractivity contribution < 1.29 is 4.79 Å². The largest absolute Gasteiger partial charge is 0.354 e. The van der Waals surface area contributed by atoms with E-state index < -0.39 is 0 Å². The van der Waals surface area contributed by atoms with Crippen LogP contribution in [0.4, 0.5) is 0 Å². The van der Waals surface area contributed by atoms with E-state index in [-0.39, 0.29) is 5.91 Å². The summed E-state index contributed by atoms with van der Waals surface area (Å²) in [7, 11) is 4.03. The third-order valence-corrected chi connectivity index (χ3v) is 6.04. The van der Waals surface area contributed by atoms with Gasteiger partial charge in [-0.05, 0) is 32.6 Å². The molecule has 1 aliphatic heterocycles. The maximum atomic E-state index is 11.6. The molecular weight excluding hydrogens is 250 g/mol. The van der Waals surface area contributed by atoms with E-state index in [9.17, 15) is 4.79 Å². The molecule has 1 saturated heterocycles. The predicted molar refractivity (Wildman–Crippen MR) is 79.4 cm³/mol. The number of nitrogens with one attached hydrogen (secondary N) is 1. The summed E-state index contributed by atoms with van der Waals surface area (Å²) in [5.41, 5.74) is 0. The van der Waals surface area contributed by atoms with Crippen LogP contribution in [-0.4, -0.2) is 23.0 Å². The molecular formula is C13H25NOS2. The molecule has 4 heteroatoms. The molecule has 0 saturated carbocycles. The van der Waals surface area contributed by atoms with Crippen LogP contribution in [0.5, 0.6) is 0 Å². The number of hydrogen-bond donors (Lipinski definition) is 1. The molecule has 2 nitrogen and oxygen atoms in total. The molecule has 1 N–H and O–H groups in total. The van der Waals surface area contributed by atoms with Crippen LogP contribution in [0.3, 0.4) is 0 Å². The molecule has 1 rings (SSSR count). The van der Waals surface area contributed by atoms with Crippen molar-refractivity contribution in [3.05, 3.63) is 0 Å². The van der Waals surface area contributed by atoms with Crippen molar-refractivity contribution in [2.45, 2.75) is 70.1 Å². The SMILES string of the molecule is CCCC(C)NC(=O)CCCCC1CCSS1. The van der Waals surface area contributed by atoms with Crippen molar-refractivity contribution in [3.8, 4) is 0 Å². The lowest BCUT2D eigenvalue weighted by molar-refractivity contribution is -0.121. The van der Waals surface area contributed by atoms with Crippen LogP contribution >= 0.6 is 21.6 Å². The average molecular weight is 275 g/mol. The molecule has 0 aromatic heterocycles. The highest BCUT2D eigenvalue weighted by atomic mass is 33.1. The lowest BCUT2D eigenvalue weighted by atomic mass is 10.1.